The summed E-state index contributed by atoms with van der Waals surface area (Å²) in [7, 11) is 1.69. The van der Waals surface area contributed by atoms with Gasteiger partial charge in [-0.15, -0.1) is 0 Å². The number of rotatable bonds is 4. The van der Waals surface area contributed by atoms with Crippen LogP contribution in [0.2, 0.25) is 0 Å². The molecular weight excluding hydrogens is 339 g/mol. The van der Waals surface area contributed by atoms with Gasteiger partial charge in [-0.2, -0.15) is 0 Å². The van der Waals surface area contributed by atoms with Crippen LogP contribution in [0.25, 0.3) is 0 Å². The number of ether oxygens (including phenoxy) is 1. The van der Waals surface area contributed by atoms with Crippen molar-refractivity contribution >= 4 is 21.8 Å². The molecule has 1 aromatic rings. The van der Waals surface area contributed by atoms with Crippen LogP contribution in [0.4, 0.5) is 4.39 Å². The van der Waals surface area contributed by atoms with Crippen LogP contribution < -0.4 is 0 Å². The van der Waals surface area contributed by atoms with Crippen LogP contribution in [0, 0.1) is 5.82 Å². The van der Waals surface area contributed by atoms with Crippen molar-refractivity contribution in [2.24, 2.45) is 0 Å². The SMILES string of the molecule is COCC(C)N1CCN(C(=O)c2cc(Br)ccc2F)CC1. The number of amides is 1. The van der Waals surface area contributed by atoms with Gasteiger partial charge in [0.1, 0.15) is 5.82 Å². The maximum Gasteiger partial charge on any atom is 0.256 e. The van der Waals surface area contributed by atoms with Crippen LogP contribution >= 0.6 is 15.9 Å². The van der Waals surface area contributed by atoms with Gasteiger partial charge in [0.25, 0.3) is 5.91 Å². The van der Waals surface area contributed by atoms with Crippen LogP contribution in [-0.4, -0.2) is 61.6 Å². The van der Waals surface area contributed by atoms with Gasteiger partial charge in [0.2, 0.25) is 0 Å². The van der Waals surface area contributed by atoms with Gasteiger partial charge in [0.15, 0.2) is 0 Å². The summed E-state index contributed by atoms with van der Waals surface area (Å²) in [6, 6.07) is 4.78. The molecule has 0 spiro atoms. The van der Waals surface area contributed by atoms with Gasteiger partial charge >= 0.3 is 0 Å². The highest BCUT2D eigenvalue weighted by molar-refractivity contribution is 9.10. The van der Waals surface area contributed by atoms with Gasteiger partial charge in [0.05, 0.1) is 12.2 Å². The molecule has 1 aliphatic rings. The van der Waals surface area contributed by atoms with Gasteiger partial charge in [-0.1, -0.05) is 15.9 Å². The average Bonchev–Trinajstić information content (AvgIpc) is 2.49. The van der Waals surface area contributed by atoms with E-state index >= 15 is 0 Å². The van der Waals surface area contributed by atoms with Crippen LogP contribution in [0.5, 0.6) is 0 Å². The zero-order chi connectivity index (χ0) is 15.4. The molecule has 0 aromatic heterocycles. The van der Waals surface area contributed by atoms with Crippen LogP contribution in [-0.2, 0) is 4.74 Å². The summed E-state index contributed by atoms with van der Waals surface area (Å²) in [5.74, 6) is -0.716. The maximum atomic E-state index is 13.8. The third-order valence-electron chi connectivity index (χ3n) is 3.79. The quantitative estimate of drug-likeness (QED) is 0.828. The maximum absolute atomic E-state index is 13.8. The Morgan fingerprint density at radius 1 is 1.38 bits per heavy atom. The fourth-order valence-corrected chi connectivity index (χ4v) is 2.91. The van der Waals surface area contributed by atoms with E-state index < -0.39 is 5.82 Å². The van der Waals surface area contributed by atoms with Crippen molar-refractivity contribution in [3.63, 3.8) is 0 Å². The predicted octanol–water partition coefficient (Wildman–Crippen LogP) is 2.38. The molecule has 6 heteroatoms. The van der Waals surface area contributed by atoms with Crippen molar-refractivity contribution < 1.29 is 13.9 Å². The Kier molecular flexibility index (Phi) is 5.72. The Hall–Kier alpha value is -0.980. The monoisotopic (exact) mass is 358 g/mol. The lowest BCUT2D eigenvalue weighted by atomic mass is 10.1. The van der Waals surface area contributed by atoms with E-state index in [0.29, 0.717) is 30.2 Å². The Labute approximate surface area is 133 Å². The molecule has 0 N–H and O–H groups in total. The highest BCUT2D eigenvalue weighted by Gasteiger charge is 2.26. The standard InChI is InChI=1S/C15H20BrFN2O2/c1-11(10-21-2)18-5-7-19(8-6-18)15(20)13-9-12(16)3-4-14(13)17/h3-4,9,11H,5-8,10H2,1-2H3. The second-order valence-corrected chi connectivity index (χ2v) is 6.17. The van der Waals surface area contributed by atoms with E-state index in [0.717, 1.165) is 13.1 Å². The fraction of sp³-hybridized carbons (Fsp3) is 0.533. The van der Waals surface area contributed by atoms with Gasteiger partial charge < -0.3 is 9.64 Å². The van der Waals surface area contributed by atoms with Crippen LogP contribution in [0.3, 0.4) is 0 Å². The number of nitrogens with zero attached hydrogens (tertiary/aromatic N) is 2. The average molecular weight is 359 g/mol. The summed E-state index contributed by atoms with van der Waals surface area (Å²) in [5, 5.41) is 0. The molecule has 1 aliphatic heterocycles. The summed E-state index contributed by atoms with van der Waals surface area (Å²) in [6.07, 6.45) is 0. The van der Waals surface area contributed by atoms with Crippen molar-refractivity contribution in [1.82, 2.24) is 9.80 Å². The van der Waals surface area contributed by atoms with E-state index in [1.807, 2.05) is 0 Å². The normalized spacial score (nSPS) is 17.8. The number of benzene rings is 1. The first kappa shape index (κ1) is 16.4. The second-order valence-electron chi connectivity index (χ2n) is 5.26. The summed E-state index contributed by atoms with van der Waals surface area (Å²) < 4.78 is 19.6. The molecule has 4 nitrogen and oxygen atoms in total. The Morgan fingerprint density at radius 2 is 2.05 bits per heavy atom. The third-order valence-corrected chi connectivity index (χ3v) is 4.28. The zero-order valence-corrected chi connectivity index (χ0v) is 13.9. The van der Waals surface area contributed by atoms with Crippen molar-refractivity contribution in [2.75, 3.05) is 39.9 Å². The molecule has 0 bridgehead atoms. The Balaban J connectivity index is 1.98. The smallest absolute Gasteiger partial charge is 0.256 e. The Bertz CT molecular complexity index is 504. The highest BCUT2D eigenvalue weighted by Crippen LogP contribution is 2.18. The number of hydrogen-bond acceptors (Lipinski definition) is 3. The number of hydrogen-bond donors (Lipinski definition) is 0. The van der Waals surface area contributed by atoms with E-state index in [9.17, 15) is 9.18 Å². The number of halogens is 2. The second kappa shape index (κ2) is 7.33. The minimum atomic E-state index is -0.474. The first-order valence-electron chi connectivity index (χ1n) is 7.00. The molecule has 1 saturated heterocycles. The van der Waals surface area contributed by atoms with Gasteiger partial charge in [-0.05, 0) is 25.1 Å². The van der Waals surface area contributed by atoms with Gasteiger partial charge in [0, 0.05) is 43.8 Å². The molecule has 0 saturated carbocycles. The number of methoxy groups -OCH3 is 1. The van der Waals surface area contributed by atoms with Crippen molar-refractivity contribution in [1.29, 1.82) is 0 Å². The molecular formula is C15H20BrFN2O2. The minimum Gasteiger partial charge on any atom is -0.383 e. The van der Waals surface area contributed by atoms with Crippen molar-refractivity contribution in [2.45, 2.75) is 13.0 Å². The number of carbonyl (C=O) groups excluding carboxylic acids is 1. The molecule has 1 atom stereocenters. The lowest BCUT2D eigenvalue weighted by Crippen LogP contribution is -2.52. The lowest BCUT2D eigenvalue weighted by Gasteiger charge is -2.37. The number of carbonyl (C=O) groups is 1. The molecule has 1 fully saturated rings. The first-order chi connectivity index (χ1) is 10.0. The third kappa shape index (κ3) is 4.02. The van der Waals surface area contributed by atoms with Crippen LogP contribution in [0.15, 0.2) is 22.7 Å². The lowest BCUT2D eigenvalue weighted by molar-refractivity contribution is 0.0446. The topological polar surface area (TPSA) is 32.8 Å². The molecule has 1 heterocycles. The summed E-state index contributed by atoms with van der Waals surface area (Å²) in [5.41, 5.74) is 0.128. The Morgan fingerprint density at radius 3 is 2.67 bits per heavy atom. The van der Waals surface area contributed by atoms with Crippen molar-refractivity contribution in [3.8, 4) is 0 Å². The first-order valence-corrected chi connectivity index (χ1v) is 7.79. The van der Waals surface area contributed by atoms with E-state index in [1.54, 1.807) is 18.1 Å². The number of piperazine rings is 1. The summed E-state index contributed by atoms with van der Waals surface area (Å²) >= 11 is 3.27. The summed E-state index contributed by atoms with van der Waals surface area (Å²) in [6.45, 7) is 5.57. The van der Waals surface area contributed by atoms with Gasteiger partial charge in [-0.25, -0.2) is 4.39 Å². The fourth-order valence-electron chi connectivity index (χ4n) is 2.54. The summed E-state index contributed by atoms with van der Waals surface area (Å²) in [4.78, 5) is 16.4. The molecule has 0 aliphatic carbocycles. The molecule has 1 unspecified atom stereocenters. The van der Waals surface area contributed by atoms with Crippen molar-refractivity contribution in [3.05, 3.63) is 34.1 Å². The van der Waals surface area contributed by atoms with E-state index in [-0.39, 0.29) is 11.5 Å². The minimum absolute atomic E-state index is 0.128. The molecule has 21 heavy (non-hydrogen) atoms. The molecule has 1 aromatic carbocycles. The zero-order valence-electron chi connectivity index (χ0n) is 12.3. The van der Waals surface area contributed by atoms with E-state index in [1.165, 1.54) is 12.1 Å². The van der Waals surface area contributed by atoms with Gasteiger partial charge in [-0.3, -0.25) is 9.69 Å². The highest BCUT2D eigenvalue weighted by atomic mass is 79.9. The van der Waals surface area contributed by atoms with E-state index in [2.05, 4.69) is 27.8 Å². The van der Waals surface area contributed by atoms with Crippen LogP contribution in [0.1, 0.15) is 17.3 Å². The molecule has 1 amide bonds. The largest absolute Gasteiger partial charge is 0.383 e. The predicted molar refractivity (Wildman–Crippen MR) is 82.9 cm³/mol. The molecule has 2 rings (SSSR count). The molecule has 116 valence electrons. The van der Waals surface area contributed by atoms with E-state index in [4.69, 9.17) is 4.74 Å². The molecule has 0 radical (unpaired) electrons.